The molecule has 0 aliphatic heterocycles. The van der Waals surface area contributed by atoms with Gasteiger partial charge in [-0.3, -0.25) is 0 Å². The van der Waals surface area contributed by atoms with Crippen molar-refractivity contribution in [2.75, 3.05) is 20.3 Å². The SMILES string of the molecule is COCCOc1cc(C(=O)O)ccc1C(=O)O. The smallest absolute Gasteiger partial charge is 0.339 e. The molecule has 1 aromatic carbocycles. The van der Waals surface area contributed by atoms with E-state index >= 15 is 0 Å². The van der Waals surface area contributed by atoms with E-state index in [9.17, 15) is 9.59 Å². The van der Waals surface area contributed by atoms with Crippen molar-refractivity contribution in [1.29, 1.82) is 0 Å². The Morgan fingerprint density at radius 2 is 1.88 bits per heavy atom. The molecule has 0 aliphatic carbocycles. The van der Waals surface area contributed by atoms with E-state index in [0.29, 0.717) is 0 Å². The van der Waals surface area contributed by atoms with Crippen molar-refractivity contribution < 1.29 is 29.3 Å². The minimum Gasteiger partial charge on any atom is -0.490 e. The van der Waals surface area contributed by atoms with E-state index in [4.69, 9.17) is 19.7 Å². The predicted molar refractivity (Wildman–Crippen MR) is 57.7 cm³/mol. The van der Waals surface area contributed by atoms with Gasteiger partial charge in [-0.25, -0.2) is 9.59 Å². The van der Waals surface area contributed by atoms with Crippen molar-refractivity contribution >= 4 is 11.9 Å². The summed E-state index contributed by atoms with van der Waals surface area (Å²) in [6.45, 7) is 0.441. The molecule has 6 heteroatoms. The molecule has 0 saturated heterocycles. The maximum atomic E-state index is 10.9. The fraction of sp³-hybridized carbons (Fsp3) is 0.273. The summed E-state index contributed by atoms with van der Waals surface area (Å²) in [5, 5.41) is 17.7. The van der Waals surface area contributed by atoms with Crippen LogP contribution in [0.15, 0.2) is 18.2 Å². The Kier molecular flexibility index (Phi) is 4.47. The van der Waals surface area contributed by atoms with Crippen molar-refractivity contribution in [1.82, 2.24) is 0 Å². The lowest BCUT2D eigenvalue weighted by molar-refractivity contribution is 0.0675. The van der Waals surface area contributed by atoms with Crippen molar-refractivity contribution in [2.45, 2.75) is 0 Å². The van der Waals surface area contributed by atoms with Gasteiger partial charge in [0.05, 0.1) is 12.2 Å². The third-order valence-corrected chi connectivity index (χ3v) is 2.00. The first-order chi connectivity index (χ1) is 8.06. The third-order valence-electron chi connectivity index (χ3n) is 2.00. The number of aromatic carboxylic acids is 2. The molecular formula is C11H12O6. The molecule has 0 aromatic heterocycles. The van der Waals surface area contributed by atoms with Gasteiger partial charge in [0.2, 0.25) is 0 Å². The molecule has 0 unspecified atom stereocenters. The normalized spacial score (nSPS) is 9.94. The highest BCUT2D eigenvalue weighted by molar-refractivity contribution is 5.94. The highest BCUT2D eigenvalue weighted by atomic mass is 16.5. The van der Waals surface area contributed by atoms with Crippen LogP contribution in [-0.2, 0) is 4.74 Å². The second-order valence-corrected chi connectivity index (χ2v) is 3.16. The van der Waals surface area contributed by atoms with E-state index in [-0.39, 0.29) is 30.1 Å². The lowest BCUT2D eigenvalue weighted by Crippen LogP contribution is -2.09. The zero-order chi connectivity index (χ0) is 12.8. The lowest BCUT2D eigenvalue weighted by Gasteiger charge is -2.09. The van der Waals surface area contributed by atoms with Gasteiger partial charge in [0.1, 0.15) is 17.9 Å². The van der Waals surface area contributed by atoms with Crippen LogP contribution in [0.3, 0.4) is 0 Å². The lowest BCUT2D eigenvalue weighted by atomic mass is 10.1. The number of hydrogen-bond acceptors (Lipinski definition) is 4. The molecule has 0 saturated carbocycles. The molecular weight excluding hydrogens is 228 g/mol. The fourth-order valence-electron chi connectivity index (χ4n) is 1.19. The second kappa shape index (κ2) is 5.86. The van der Waals surface area contributed by atoms with Crippen molar-refractivity contribution in [3.05, 3.63) is 29.3 Å². The zero-order valence-electron chi connectivity index (χ0n) is 9.17. The maximum Gasteiger partial charge on any atom is 0.339 e. The molecule has 0 fully saturated rings. The number of benzene rings is 1. The molecule has 1 aromatic rings. The molecule has 0 heterocycles. The number of carboxylic acids is 2. The minimum atomic E-state index is -1.17. The van der Waals surface area contributed by atoms with E-state index in [1.807, 2.05) is 0 Å². The van der Waals surface area contributed by atoms with E-state index in [0.717, 1.165) is 0 Å². The Hall–Kier alpha value is -2.08. The summed E-state index contributed by atoms with van der Waals surface area (Å²) in [4.78, 5) is 21.6. The standard InChI is InChI=1S/C11H12O6/c1-16-4-5-17-9-6-7(10(12)13)2-3-8(9)11(14)15/h2-3,6H,4-5H2,1H3,(H,12,13)(H,14,15). The maximum absolute atomic E-state index is 10.9. The van der Waals surface area contributed by atoms with Gasteiger partial charge in [-0.1, -0.05) is 0 Å². The predicted octanol–water partition coefficient (Wildman–Crippen LogP) is 1.11. The first-order valence-electron chi connectivity index (χ1n) is 4.78. The molecule has 17 heavy (non-hydrogen) atoms. The average molecular weight is 240 g/mol. The Morgan fingerprint density at radius 3 is 2.41 bits per heavy atom. The highest BCUT2D eigenvalue weighted by Gasteiger charge is 2.14. The number of methoxy groups -OCH3 is 1. The van der Waals surface area contributed by atoms with E-state index < -0.39 is 11.9 Å². The first kappa shape index (κ1) is 13.0. The van der Waals surface area contributed by atoms with Gasteiger partial charge in [0.15, 0.2) is 0 Å². The van der Waals surface area contributed by atoms with Crippen LogP contribution in [0.2, 0.25) is 0 Å². The largest absolute Gasteiger partial charge is 0.490 e. The summed E-state index contributed by atoms with van der Waals surface area (Å²) >= 11 is 0. The Balaban J connectivity index is 2.98. The molecule has 1 rings (SSSR count). The minimum absolute atomic E-state index is 0.0226. The quantitative estimate of drug-likeness (QED) is 0.723. The molecule has 0 amide bonds. The Bertz CT molecular complexity index is 426. The monoisotopic (exact) mass is 240 g/mol. The number of carboxylic acid groups (broad SMARTS) is 2. The topological polar surface area (TPSA) is 93.1 Å². The summed E-state index contributed by atoms with van der Waals surface area (Å²) in [5.41, 5.74) is -0.103. The van der Waals surface area contributed by atoms with Crippen LogP contribution in [0, 0.1) is 0 Å². The molecule has 6 nitrogen and oxygen atoms in total. The van der Waals surface area contributed by atoms with E-state index in [2.05, 4.69) is 0 Å². The van der Waals surface area contributed by atoms with Crippen molar-refractivity contribution in [3.8, 4) is 5.75 Å². The second-order valence-electron chi connectivity index (χ2n) is 3.16. The van der Waals surface area contributed by atoms with Gasteiger partial charge in [0.25, 0.3) is 0 Å². The molecule has 0 radical (unpaired) electrons. The summed E-state index contributed by atoms with van der Waals surface area (Å²) < 4.78 is 9.91. The zero-order valence-corrected chi connectivity index (χ0v) is 9.17. The number of rotatable bonds is 6. The van der Waals surface area contributed by atoms with Gasteiger partial charge in [-0.15, -0.1) is 0 Å². The van der Waals surface area contributed by atoms with Crippen LogP contribution >= 0.6 is 0 Å². The number of carbonyl (C=O) groups is 2. The molecule has 0 aliphatic rings. The van der Waals surface area contributed by atoms with Gasteiger partial charge in [-0.05, 0) is 18.2 Å². The summed E-state index contributed by atoms with van der Waals surface area (Å²) in [6.07, 6.45) is 0. The Morgan fingerprint density at radius 1 is 1.18 bits per heavy atom. The molecule has 0 spiro atoms. The summed E-state index contributed by atoms with van der Waals surface area (Å²) in [6, 6.07) is 3.60. The van der Waals surface area contributed by atoms with Crippen LogP contribution < -0.4 is 4.74 Å². The number of ether oxygens (including phenoxy) is 2. The number of hydrogen-bond donors (Lipinski definition) is 2. The van der Waals surface area contributed by atoms with Gasteiger partial charge < -0.3 is 19.7 Å². The average Bonchev–Trinajstić information content (AvgIpc) is 2.28. The molecule has 2 N–H and O–H groups in total. The Labute approximate surface area is 97.4 Å². The summed E-state index contributed by atoms with van der Waals surface area (Å²) in [7, 11) is 1.48. The first-order valence-corrected chi connectivity index (χ1v) is 4.78. The van der Waals surface area contributed by atoms with Crippen LogP contribution in [0.25, 0.3) is 0 Å². The van der Waals surface area contributed by atoms with Crippen LogP contribution in [-0.4, -0.2) is 42.5 Å². The van der Waals surface area contributed by atoms with Crippen molar-refractivity contribution in [2.24, 2.45) is 0 Å². The van der Waals surface area contributed by atoms with Crippen molar-refractivity contribution in [3.63, 3.8) is 0 Å². The van der Waals surface area contributed by atoms with Gasteiger partial charge in [-0.2, -0.15) is 0 Å². The van der Waals surface area contributed by atoms with Crippen LogP contribution in [0.1, 0.15) is 20.7 Å². The molecule has 0 atom stereocenters. The molecule has 0 bridgehead atoms. The van der Waals surface area contributed by atoms with E-state index in [1.54, 1.807) is 0 Å². The van der Waals surface area contributed by atoms with E-state index in [1.165, 1.54) is 25.3 Å². The fourth-order valence-corrected chi connectivity index (χ4v) is 1.19. The summed E-state index contributed by atoms with van der Waals surface area (Å²) in [5.74, 6) is -2.29. The van der Waals surface area contributed by atoms with Crippen LogP contribution in [0.4, 0.5) is 0 Å². The highest BCUT2D eigenvalue weighted by Crippen LogP contribution is 2.20. The van der Waals surface area contributed by atoms with Gasteiger partial charge >= 0.3 is 11.9 Å². The third kappa shape index (κ3) is 3.46. The van der Waals surface area contributed by atoms with Gasteiger partial charge in [0, 0.05) is 7.11 Å². The van der Waals surface area contributed by atoms with Crippen LogP contribution in [0.5, 0.6) is 5.75 Å². The molecule has 92 valence electrons.